The molecule has 0 saturated heterocycles. The maximum atomic E-state index is 13.0. The zero-order chi connectivity index (χ0) is 21.3. The normalized spacial score (nSPS) is 14.1. The second-order valence-electron chi connectivity index (χ2n) is 7.30. The number of alkyl halides is 3. The highest BCUT2D eigenvalue weighted by Gasteiger charge is 2.37. The first-order valence-electron chi connectivity index (χ1n) is 9.49. The van der Waals surface area contributed by atoms with Gasteiger partial charge < -0.3 is 5.32 Å². The third-order valence-electron chi connectivity index (χ3n) is 4.82. The lowest BCUT2D eigenvalue weighted by Gasteiger charge is -2.07. The quantitative estimate of drug-likeness (QED) is 0.582. The predicted octanol–water partition coefficient (Wildman–Crippen LogP) is 4.71. The van der Waals surface area contributed by atoms with Gasteiger partial charge in [0, 0.05) is 35.8 Å². The highest BCUT2D eigenvalue weighted by Crippen LogP contribution is 2.42. The number of amides is 1. The first-order chi connectivity index (χ1) is 14.3. The van der Waals surface area contributed by atoms with Gasteiger partial charge >= 0.3 is 6.18 Å². The second-order valence-corrected chi connectivity index (χ2v) is 7.74. The topological polar surface area (TPSA) is 64.7 Å². The third kappa shape index (κ3) is 5.02. The van der Waals surface area contributed by atoms with Crippen molar-refractivity contribution in [1.82, 2.24) is 19.6 Å². The molecule has 0 atom stereocenters. The summed E-state index contributed by atoms with van der Waals surface area (Å²) in [5.74, 6) is -0.213. The molecule has 2 aromatic heterocycles. The molecule has 1 saturated carbocycles. The van der Waals surface area contributed by atoms with Crippen molar-refractivity contribution in [2.24, 2.45) is 0 Å². The monoisotopic (exact) mass is 437 g/mol. The Balaban J connectivity index is 1.34. The minimum atomic E-state index is -4.49. The van der Waals surface area contributed by atoms with E-state index in [0.29, 0.717) is 22.9 Å². The van der Waals surface area contributed by atoms with Crippen LogP contribution >= 0.6 is 11.6 Å². The molecule has 4 rings (SSSR count). The van der Waals surface area contributed by atoms with E-state index >= 15 is 0 Å². The van der Waals surface area contributed by atoms with E-state index in [-0.39, 0.29) is 24.8 Å². The summed E-state index contributed by atoms with van der Waals surface area (Å²) in [7, 11) is 0. The molecule has 0 radical (unpaired) electrons. The van der Waals surface area contributed by atoms with Crippen LogP contribution in [-0.4, -0.2) is 25.5 Å². The number of nitrogens with one attached hydrogen (secondary N) is 1. The Kier molecular flexibility index (Phi) is 5.55. The average molecular weight is 438 g/mol. The van der Waals surface area contributed by atoms with Gasteiger partial charge in [0.2, 0.25) is 5.91 Å². The van der Waals surface area contributed by atoms with Gasteiger partial charge in [-0.2, -0.15) is 23.4 Å². The fourth-order valence-electron chi connectivity index (χ4n) is 3.18. The summed E-state index contributed by atoms with van der Waals surface area (Å²) in [6.45, 7) is 0.609. The Morgan fingerprint density at radius 1 is 1.23 bits per heavy atom. The van der Waals surface area contributed by atoms with Crippen LogP contribution in [0.2, 0.25) is 5.02 Å². The van der Waals surface area contributed by atoms with E-state index in [4.69, 9.17) is 11.6 Å². The third-order valence-corrected chi connectivity index (χ3v) is 5.07. The van der Waals surface area contributed by atoms with Crippen molar-refractivity contribution in [3.05, 3.63) is 64.7 Å². The summed E-state index contributed by atoms with van der Waals surface area (Å²) in [5.41, 5.74) is 1.17. The number of nitrogens with zero attached hydrogens (tertiary/aromatic N) is 4. The number of rotatable bonds is 7. The first-order valence-corrected chi connectivity index (χ1v) is 9.87. The molecule has 1 aliphatic carbocycles. The molecular weight excluding hydrogens is 419 g/mol. The number of aryl methyl sites for hydroxylation is 1. The Morgan fingerprint density at radius 2 is 1.97 bits per heavy atom. The molecule has 1 N–H and O–H groups in total. The molecule has 158 valence electrons. The van der Waals surface area contributed by atoms with E-state index in [1.54, 1.807) is 23.0 Å². The molecule has 1 amide bonds. The van der Waals surface area contributed by atoms with Crippen molar-refractivity contribution in [3.63, 3.8) is 0 Å². The SMILES string of the molecule is O=C(CCn1nc(C(F)(F)F)cc1C1CC1)Nc1cnn(Cc2ccc(Cl)cc2)c1. The van der Waals surface area contributed by atoms with Crippen molar-refractivity contribution in [3.8, 4) is 0 Å². The van der Waals surface area contributed by atoms with Crippen molar-refractivity contribution < 1.29 is 18.0 Å². The molecule has 1 aromatic carbocycles. The van der Waals surface area contributed by atoms with E-state index in [1.165, 1.54) is 10.9 Å². The lowest BCUT2D eigenvalue weighted by Crippen LogP contribution is -2.16. The average Bonchev–Trinajstić information content (AvgIpc) is 3.28. The van der Waals surface area contributed by atoms with Gasteiger partial charge in [-0.25, -0.2) is 0 Å². The number of hydrogen-bond donors (Lipinski definition) is 1. The number of halogens is 4. The van der Waals surface area contributed by atoms with Crippen molar-refractivity contribution in [2.75, 3.05) is 5.32 Å². The van der Waals surface area contributed by atoms with Crippen LogP contribution < -0.4 is 5.32 Å². The van der Waals surface area contributed by atoms with Gasteiger partial charge in [0.25, 0.3) is 0 Å². The maximum Gasteiger partial charge on any atom is 0.435 e. The van der Waals surface area contributed by atoms with Gasteiger partial charge in [-0.05, 0) is 36.6 Å². The van der Waals surface area contributed by atoms with Crippen molar-refractivity contribution in [2.45, 2.75) is 44.4 Å². The van der Waals surface area contributed by atoms with E-state index in [2.05, 4.69) is 15.5 Å². The lowest BCUT2D eigenvalue weighted by atomic mass is 10.2. The van der Waals surface area contributed by atoms with Crippen LogP contribution in [0.4, 0.5) is 18.9 Å². The summed E-state index contributed by atoms with van der Waals surface area (Å²) in [6.07, 6.45) is 0.442. The van der Waals surface area contributed by atoms with E-state index in [9.17, 15) is 18.0 Å². The van der Waals surface area contributed by atoms with Crippen molar-refractivity contribution in [1.29, 1.82) is 0 Å². The number of aromatic nitrogens is 4. The molecule has 30 heavy (non-hydrogen) atoms. The molecule has 6 nitrogen and oxygen atoms in total. The smallest absolute Gasteiger partial charge is 0.323 e. The van der Waals surface area contributed by atoms with Crippen LogP contribution in [0.1, 0.15) is 42.1 Å². The minimum absolute atomic E-state index is 0.0149. The van der Waals surface area contributed by atoms with Crippen LogP contribution in [-0.2, 0) is 24.1 Å². The van der Waals surface area contributed by atoms with Gasteiger partial charge in [0.1, 0.15) is 0 Å². The molecule has 10 heteroatoms. The lowest BCUT2D eigenvalue weighted by molar-refractivity contribution is -0.141. The molecule has 0 aliphatic heterocycles. The zero-order valence-corrected chi connectivity index (χ0v) is 16.6. The van der Waals surface area contributed by atoms with Gasteiger partial charge in [-0.3, -0.25) is 14.2 Å². The van der Waals surface area contributed by atoms with Gasteiger partial charge in [0.05, 0.1) is 18.4 Å². The number of hydrogen-bond acceptors (Lipinski definition) is 3. The van der Waals surface area contributed by atoms with E-state index in [1.807, 2.05) is 12.1 Å². The van der Waals surface area contributed by atoms with Gasteiger partial charge in [-0.1, -0.05) is 23.7 Å². The van der Waals surface area contributed by atoms with Crippen LogP contribution in [0.25, 0.3) is 0 Å². The van der Waals surface area contributed by atoms with Crippen LogP contribution in [0, 0.1) is 0 Å². The molecule has 0 unspecified atom stereocenters. The number of anilines is 1. The predicted molar refractivity (Wildman–Crippen MR) is 105 cm³/mol. The van der Waals surface area contributed by atoms with Gasteiger partial charge in [-0.15, -0.1) is 0 Å². The summed E-state index contributed by atoms with van der Waals surface area (Å²) >= 11 is 5.87. The van der Waals surface area contributed by atoms with E-state index in [0.717, 1.165) is 24.5 Å². The Hall–Kier alpha value is -2.81. The number of benzene rings is 1. The largest absolute Gasteiger partial charge is 0.435 e. The maximum absolute atomic E-state index is 13.0. The molecule has 2 heterocycles. The zero-order valence-electron chi connectivity index (χ0n) is 15.9. The first kappa shape index (κ1) is 20.5. The Labute approximate surface area is 175 Å². The fourth-order valence-corrected chi connectivity index (χ4v) is 3.30. The van der Waals surface area contributed by atoms with E-state index < -0.39 is 11.9 Å². The second kappa shape index (κ2) is 8.14. The Morgan fingerprint density at radius 3 is 2.63 bits per heavy atom. The summed E-state index contributed by atoms with van der Waals surface area (Å²) in [5, 5.41) is 11.2. The van der Waals surface area contributed by atoms with Gasteiger partial charge in [0.15, 0.2) is 5.69 Å². The minimum Gasteiger partial charge on any atom is -0.323 e. The molecule has 0 bridgehead atoms. The highest BCUT2D eigenvalue weighted by atomic mass is 35.5. The summed E-state index contributed by atoms with van der Waals surface area (Å²) in [4.78, 5) is 12.3. The van der Waals surface area contributed by atoms with Crippen LogP contribution in [0.3, 0.4) is 0 Å². The molecule has 1 aliphatic rings. The van der Waals surface area contributed by atoms with Crippen LogP contribution in [0.15, 0.2) is 42.7 Å². The summed E-state index contributed by atoms with van der Waals surface area (Å²) < 4.78 is 41.9. The highest BCUT2D eigenvalue weighted by molar-refractivity contribution is 6.30. The van der Waals surface area contributed by atoms with Crippen molar-refractivity contribution >= 4 is 23.2 Å². The molecule has 3 aromatic rings. The molecule has 1 fully saturated rings. The molecular formula is C20H19ClF3N5O. The number of carbonyl (C=O) groups is 1. The fraction of sp³-hybridized carbons (Fsp3) is 0.350. The summed E-state index contributed by atoms with van der Waals surface area (Å²) in [6, 6.07) is 8.45. The molecule has 0 spiro atoms. The van der Waals surface area contributed by atoms with Crippen LogP contribution in [0.5, 0.6) is 0 Å². The standard InChI is InChI=1S/C20H19ClF3N5O/c21-15-5-1-13(2-6-15)11-28-12-16(10-25-28)26-19(30)7-8-29-17(14-3-4-14)9-18(27-29)20(22,23)24/h1-2,5-6,9-10,12,14H,3-4,7-8,11H2,(H,26,30). The number of carbonyl (C=O) groups excluding carboxylic acids is 1. The Bertz CT molecular complexity index is 1040.